The molecule has 2 aliphatic rings. The Morgan fingerprint density at radius 2 is 1.83 bits per heavy atom. The monoisotopic (exact) mass is 478 g/mol. The number of phenolic OH excluding ortho intramolecular Hbond substituents is 1. The van der Waals surface area contributed by atoms with Crippen molar-refractivity contribution in [1.82, 2.24) is 0 Å². The average molecular weight is 478 g/mol. The smallest absolute Gasteiger partial charge is 0.337 e. The Morgan fingerprint density at radius 1 is 1.06 bits per heavy atom. The van der Waals surface area contributed by atoms with Crippen LogP contribution in [0.4, 0.5) is 0 Å². The first-order valence-corrected chi connectivity index (χ1v) is 10.8. The largest absolute Gasteiger partial charge is 0.507 e. The third-order valence-corrected chi connectivity index (χ3v) is 6.47. The van der Waals surface area contributed by atoms with Crippen LogP contribution in [0.25, 0.3) is 11.1 Å². The number of methoxy groups -OCH3 is 1. The zero-order valence-corrected chi connectivity index (χ0v) is 18.7. The third-order valence-electron chi connectivity index (χ3n) is 6.47. The van der Waals surface area contributed by atoms with Crippen LogP contribution >= 0.6 is 0 Å². The van der Waals surface area contributed by atoms with Crippen molar-refractivity contribution >= 4 is 11.9 Å². The SMILES string of the molecule is COc1ccccc1-c1c(O)ccc2c1CC(OCC(=O)O)(C(=O)O)C2c1ccc2c(c1)OCO2. The quantitative estimate of drug-likeness (QED) is 0.467. The number of carbonyl (C=O) groups is 2. The molecule has 1 aliphatic carbocycles. The van der Waals surface area contributed by atoms with Gasteiger partial charge in [0.2, 0.25) is 6.79 Å². The van der Waals surface area contributed by atoms with Gasteiger partial charge in [0.15, 0.2) is 17.1 Å². The first-order valence-electron chi connectivity index (χ1n) is 10.8. The van der Waals surface area contributed by atoms with E-state index in [0.29, 0.717) is 45.1 Å². The number of benzene rings is 3. The minimum Gasteiger partial charge on any atom is -0.507 e. The van der Waals surface area contributed by atoms with Gasteiger partial charge in [0.05, 0.1) is 7.11 Å². The van der Waals surface area contributed by atoms with E-state index >= 15 is 0 Å². The molecule has 0 bridgehead atoms. The van der Waals surface area contributed by atoms with Crippen molar-refractivity contribution < 1.29 is 43.9 Å². The van der Waals surface area contributed by atoms with E-state index in [0.717, 1.165) is 0 Å². The second kappa shape index (κ2) is 8.52. The molecule has 1 aliphatic heterocycles. The molecule has 180 valence electrons. The number of hydrogen-bond acceptors (Lipinski definition) is 7. The Hall–Kier alpha value is -4.24. The van der Waals surface area contributed by atoms with Crippen LogP contribution in [0.1, 0.15) is 22.6 Å². The van der Waals surface area contributed by atoms with Crippen molar-refractivity contribution in [3.8, 4) is 34.1 Å². The number of fused-ring (bicyclic) bond motifs is 2. The first kappa shape index (κ1) is 22.5. The van der Waals surface area contributed by atoms with Gasteiger partial charge in [-0.15, -0.1) is 0 Å². The molecule has 0 fully saturated rings. The van der Waals surface area contributed by atoms with E-state index in [-0.39, 0.29) is 19.0 Å². The van der Waals surface area contributed by atoms with Crippen LogP contribution in [0, 0.1) is 0 Å². The highest BCUT2D eigenvalue weighted by Gasteiger charge is 2.55. The molecule has 0 radical (unpaired) electrons. The second-order valence-corrected chi connectivity index (χ2v) is 8.33. The molecule has 3 N–H and O–H groups in total. The summed E-state index contributed by atoms with van der Waals surface area (Å²) in [4.78, 5) is 24.2. The van der Waals surface area contributed by atoms with Gasteiger partial charge in [-0.1, -0.05) is 30.3 Å². The molecular weight excluding hydrogens is 456 g/mol. The van der Waals surface area contributed by atoms with Crippen LogP contribution in [-0.4, -0.2) is 53.4 Å². The molecule has 9 nitrogen and oxygen atoms in total. The van der Waals surface area contributed by atoms with Crippen molar-refractivity contribution in [2.45, 2.75) is 17.9 Å². The summed E-state index contributed by atoms with van der Waals surface area (Å²) in [6.45, 7) is -0.761. The van der Waals surface area contributed by atoms with Crippen molar-refractivity contribution in [3.05, 3.63) is 71.3 Å². The number of rotatable bonds is 7. The maximum absolute atomic E-state index is 12.8. The summed E-state index contributed by atoms with van der Waals surface area (Å²) < 4.78 is 22.1. The number of ether oxygens (including phenoxy) is 4. The lowest BCUT2D eigenvalue weighted by molar-refractivity contribution is -0.172. The summed E-state index contributed by atoms with van der Waals surface area (Å²) in [6, 6.07) is 15.3. The Balaban J connectivity index is 1.76. The molecule has 0 amide bonds. The zero-order chi connectivity index (χ0) is 24.7. The maximum Gasteiger partial charge on any atom is 0.337 e. The van der Waals surface area contributed by atoms with E-state index in [9.17, 15) is 24.9 Å². The summed E-state index contributed by atoms with van der Waals surface area (Å²) in [5.74, 6) is -2.08. The Bertz CT molecular complexity index is 1330. The lowest BCUT2D eigenvalue weighted by Crippen LogP contribution is -2.47. The van der Waals surface area contributed by atoms with Crippen molar-refractivity contribution in [2.75, 3.05) is 20.5 Å². The fourth-order valence-corrected chi connectivity index (χ4v) is 5.01. The van der Waals surface area contributed by atoms with Gasteiger partial charge < -0.3 is 34.3 Å². The predicted octanol–water partition coefficient (Wildman–Crippen LogP) is 3.41. The average Bonchev–Trinajstić information content (AvgIpc) is 3.45. The second-order valence-electron chi connectivity index (χ2n) is 8.33. The van der Waals surface area contributed by atoms with Crippen LogP contribution < -0.4 is 14.2 Å². The molecule has 2 atom stereocenters. The zero-order valence-electron chi connectivity index (χ0n) is 18.7. The molecule has 0 saturated heterocycles. The summed E-state index contributed by atoms with van der Waals surface area (Å²) in [7, 11) is 1.51. The van der Waals surface area contributed by atoms with Crippen molar-refractivity contribution in [2.24, 2.45) is 0 Å². The highest BCUT2D eigenvalue weighted by molar-refractivity contribution is 5.88. The van der Waals surface area contributed by atoms with E-state index in [1.54, 1.807) is 48.5 Å². The van der Waals surface area contributed by atoms with Gasteiger partial charge in [0.1, 0.15) is 18.1 Å². The van der Waals surface area contributed by atoms with Crippen LogP contribution in [0.3, 0.4) is 0 Å². The van der Waals surface area contributed by atoms with Crippen molar-refractivity contribution in [1.29, 1.82) is 0 Å². The molecular formula is C26H22O9. The number of aliphatic carboxylic acids is 2. The van der Waals surface area contributed by atoms with Gasteiger partial charge >= 0.3 is 11.9 Å². The number of para-hydroxylation sites is 1. The van der Waals surface area contributed by atoms with Gasteiger partial charge in [0.25, 0.3) is 0 Å². The van der Waals surface area contributed by atoms with Gasteiger partial charge in [-0.3, -0.25) is 0 Å². The Morgan fingerprint density at radius 3 is 2.57 bits per heavy atom. The summed E-state index contributed by atoms with van der Waals surface area (Å²) in [5, 5.41) is 30.6. The van der Waals surface area contributed by atoms with Crippen LogP contribution in [0.15, 0.2) is 54.6 Å². The van der Waals surface area contributed by atoms with Gasteiger partial charge in [-0.2, -0.15) is 0 Å². The van der Waals surface area contributed by atoms with Gasteiger partial charge in [-0.25, -0.2) is 9.59 Å². The third kappa shape index (κ3) is 3.60. The number of hydrogen-bond donors (Lipinski definition) is 3. The van der Waals surface area contributed by atoms with Gasteiger partial charge in [-0.05, 0) is 41.0 Å². The molecule has 3 aromatic carbocycles. The molecule has 3 aromatic rings. The molecule has 0 spiro atoms. The molecule has 9 heteroatoms. The number of phenols is 1. The minimum absolute atomic E-state index is 0.0471. The summed E-state index contributed by atoms with van der Waals surface area (Å²) in [6.07, 6.45) is -0.175. The standard InChI is InChI=1S/C26H22O9/c1-32-19-5-3-2-4-16(19)23-17-11-26(25(30)31,35-12-22(28)29)24(15(17)7-8-18(23)27)14-6-9-20-21(10-14)34-13-33-20/h2-10,24,27H,11-13H2,1H3,(H,28,29)(H,30,31). The fraction of sp³-hybridized carbons (Fsp3) is 0.231. The highest BCUT2D eigenvalue weighted by atomic mass is 16.7. The Labute approximate surface area is 200 Å². The number of carboxylic acid groups (broad SMARTS) is 2. The van der Waals surface area contributed by atoms with Crippen LogP contribution in [0.2, 0.25) is 0 Å². The summed E-state index contributed by atoms with van der Waals surface area (Å²) in [5.41, 5.74) is 0.720. The normalized spacial score (nSPS) is 19.9. The van der Waals surface area contributed by atoms with E-state index in [4.69, 9.17) is 18.9 Å². The number of aromatic hydroxyl groups is 1. The van der Waals surface area contributed by atoms with E-state index in [1.807, 2.05) is 0 Å². The summed E-state index contributed by atoms with van der Waals surface area (Å²) >= 11 is 0. The molecule has 0 saturated carbocycles. The first-order chi connectivity index (χ1) is 16.9. The van der Waals surface area contributed by atoms with Crippen molar-refractivity contribution in [3.63, 3.8) is 0 Å². The lowest BCUT2D eigenvalue weighted by atomic mass is 9.81. The molecule has 2 unspecified atom stereocenters. The van der Waals surface area contributed by atoms with E-state index in [1.165, 1.54) is 13.2 Å². The Kier molecular flexibility index (Phi) is 5.49. The van der Waals surface area contributed by atoms with Gasteiger partial charge in [0, 0.05) is 23.5 Å². The van der Waals surface area contributed by atoms with Crippen LogP contribution in [0.5, 0.6) is 23.0 Å². The molecule has 35 heavy (non-hydrogen) atoms. The predicted molar refractivity (Wildman–Crippen MR) is 122 cm³/mol. The molecule has 1 heterocycles. The fourth-order valence-electron chi connectivity index (χ4n) is 5.01. The molecule has 0 aromatic heterocycles. The van der Waals surface area contributed by atoms with E-state index < -0.39 is 30.1 Å². The number of carboxylic acids is 2. The lowest BCUT2D eigenvalue weighted by Gasteiger charge is -2.31. The van der Waals surface area contributed by atoms with E-state index in [2.05, 4.69) is 0 Å². The maximum atomic E-state index is 12.8. The topological polar surface area (TPSA) is 132 Å². The highest BCUT2D eigenvalue weighted by Crippen LogP contribution is 2.54. The minimum atomic E-state index is -1.95. The van der Waals surface area contributed by atoms with Crippen LogP contribution in [-0.2, 0) is 20.7 Å². The molecule has 5 rings (SSSR count).